The predicted molar refractivity (Wildman–Crippen MR) is 115 cm³/mol. The van der Waals surface area contributed by atoms with Gasteiger partial charge in [0.1, 0.15) is 17.5 Å². The smallest absolute Gasteiger partial charge is 0.263 e. The van der Waals surface area contributed by atoms with Crippen molar-refractivity contribution in [2.24, 2.45) is 7.05 Å². The summed E-state index contributed by atoms with van der Waals surface area (Å²) in [5, 5.41) is 9.47. The number of rotatable bonds is 7. The SMILES string of the molecule is Cn1nc(Cc2ccc(F)cc2F)cc1Nc1ccc(S(=O)(=O)Nc2nccs2)cc1. The molecule has 0 saturated heterocycles. The third-order valence-electron chi connectivity index (χ3n) is 4.41. The minimum absolute atomic E-state index is 0.103. The second-order valence-electron chi connectivity index (χ2n) is 6.65. The van der Waals surface area contributed by atoms with Gasteiger partial charge in [-0.2, -0.15) is 5.10 Å². The molecule has 0 aliphatic rings. The highest BCUT2D eigenvalue weighted by Crippen LogP contribution is 2.23. The normalized spacial score (nSPS) is 11.5. The van der Waals surface area contributed by atoms with Gasteiger partial charge in [0.15, 0.2) is 5.13 Å². The number of hydrogen-bond donors (Lipinski definition) is 2. The van der Waals surface area contributed by atoms with Crippen molar-refractivity contribution < 1.29 is 17.2 Å². The molecule has 0 saturated carbocycles. The maximum atomic E-state index is 13.9. The number of aryl methyl sites for hydroxylation is 1. The summed E-state index contributed by atoms with van der Waals surface area (Å²) in [6.45, 7) is 0. The molecule has 4 aromatic rings. The highest BCUT2D eigenvalue weighted by Gasteiger charge is 2.16. The van der Waals surface area contributed by atoms with Crippen molar-refractivity contribution in [3.8, 4) is 0 Å². The Labute approximate surface area is 181 Å². The van der Waals surface area contributed by atoms with Crippen LogP contribution >= 0.6 is 11.3 Å². The predicted octanol–water partition coefficient (Wildman–Crippen LogP) is 4.29. The lowest BCUT2D eigenvalue weighted by atomic mass is 10.1. The summed E-state index contributed by atoms with van der Waals surface area (Å²) >= 11 is 1.19. The van der Waals surface area contributed by atoms with Crippen molar-refractivity contribution in [2.45, 2.75) is 11.3 Å². The van der Waals surface area contributed by atoms with Crippen molar-refractivity contribution in [1.82, 2.24) is 14.8 Å². The fraction of sp³-hybridized carbons (Fsp3) is 0.100. The number of anilines is 3. The van der Waals surface area contributed by atoms with E-state index in [1.54, 1.807) is 35.3 Å². The van der Waals surface area contributed by atoms with Crippen LogP contribution in [0.2, 0.25) is 0 Å². The van der Waals surface area contributed by atoms with E-state index in [2.05, 4.69) is 20.1 Å². The molecule has 2 N–H and O–H groups in total. The summed E-state index contributed by atoms with van der Waals surface area (Å²) in [5.74, 6) is -0.616. The van der Waals surface area contributed by atoms with Gasteiger partial charge in [0.25, 0.3) is 10.0 Å². The monoisotopic (exact) mass is 461 g/mol. The van der Waals surface area contributed by atoms with Crippen LogP contribution in [0.1, 0.15) is 11.3 Å². The lowest BCUT2D eigenvalue weighted by molar-refractivity contribution is 0.573. The molecule has 2 heterocycles. The van der Waals surface area contributed by atoms with E-state index in [0.717, 1.165) is 6.07 Å². The number of nitrogens with zero attached hydrogens (tertiary/aromatic N) is 3. The molecule has 0 bridgehead atoms. The molecule has 7 nitrogen and oxygen atoms in total. The molecule has 2 aromatic carbocycles. The van der Waals surface area contributed by atoms with Crippen LogP contribution in [-0.4, -0.2) is 23.2 Å². The molecule has 11 heteroatoms. The van der Waals surface area contributed by atoms with Gasteiger partial charge >= 0.3 is 0 Å². The third-order valence-corrected chi connectivity index (χ3v) is 6.58. The van der Waals surface area contributed by atoms with Crippen LogP contribution in [0.25, 0.3) is 0 Å². The van der Waals surface area contributed by atoms with Gasteiger partial charge in [-0.15, -0.1) is 11.3 Å². The van der Waals surface area contributed by atoms with Crippen molar-refractivity contribution in [1.29, 1.82) is 0 Å². The zero-order valence-corrected chi connectivity index (χ0v) is 17.8. The van der Waals surface area contributed by atoms with Gasteiger partial charge in [-0.3, -0.25) is 9.40 Å². The van der Waals surface area contributed by atoms with Crippen LogP contribution in [0.5, 0.6) is 0 Å². The summed E-state index contributed by atoms with van der Waals surface area (Å²) in [5.41, 5.74) is 1.59. The Balaban J connectivity index is 1.47. The van der Waals surface area contributed by atoms with Gasteiger partial charge in [-0.1, -0.05) is 6.07 Å². The zero-order valence-electron chi connectivity index (χ0n) is 16.2. The van der Waals surface area contributed by atoms with E-state index in [-0.39, 0.29) is 11.3 Å². The van der Waals surface area contributed by atoms with Crippen LogP contribution in [0, 0.1) is 11.6 Å². The number of sulfonamides is 1. The van der Waals surface area contributed by atoms with Crippen LogP contribution in [0.4, 0.5) is 25.4 Å². The molecule has 160 valence electrons. The number of benzene rings is 2. The molecule has 0 radical (unpaired) electrons. The van der Waals surface area contributed by atoms with Gasteiger partial charge < -0.3 is 5.32 Å². The Morgan fingerprint density at radius 3 is 2.55 bits per heavy atom. The molecule has 4 rings (SSSR count). The zero-order chi connectivity index (χ0) is 22.0. The molecular formula is C20H17F2N5O2S2. The minimum Gasteiger partial charge on any atom is -0.340 e. The highest BCUT2D eigenvalue weighted by atomic mass is 32.2. The summed E-state index contributed by atoms with van der Waals surface area (Å²) in [4.78, 5) is 4.02. The molecule has 31 heavy (non-hydrogen) atoms. The first-order valence-electron chi connectivity index (χ1n) is 9.06. The van der Waals surface area contributed by atoms with E-state index < -0.39 is 21.7 Å². The topological polar surface area (TPSA) is 88.9 Å². The average molecular weight is 462 g/mol. The first-order valence-corrected chi connectivity index (χ1v) is 11.4. The molecule has 0 aliphatic heterocycles. The molecule has 0 fully saturated rings. The van der Waals surface area contributed by atoms with E-state index in [0.29, 0.717) is 27.9 Å². The molecule has 0 amide bonds. The number of aromatic nitrogens is 3. The largest absolute Gasteiger partial charge is 0.340 e. The van der Waals surface area contributed by atoms with Crippen LogP contribution < -0.4 is 10.0 Å². The second kappa shape index (κ2) is 8.44. The van der Waals surface area contributed by atoms with Crippen LogP contribution in [0.15, 0.2) is 65.0 Å². The van der Waals surface area contributed by atoms with E-state index in [1.165, 1.54) is 41.8 Å². The Kier molecular flexibility index (Phi) is 5.70. The van der Waals surface area contributed by atoms with E-state index in [1.807, 2.05) is 0 Å². The maximum Gasteiger partial charge on any atom is 0.263 e. The minimum atomic E-state index is -3.73. The van der Waals surface area contributed by atoms with E-state index in [9.17, 15) is 17.2 Å². The Hall–Kier alpha value is -3.31. The van der Waals surface area contributed by atoms with E-state index >= 15 is 0 Å². The van der Waals surface area contributed by atoms with E-state index in [4.69, 9.17) is 0 Å². The standard InChI is InChI=1S/C20H17F2N5O2S2/c1-27-19(12-16(25-27)10-13-2-3-14(21)11-18(13)22)24-15-4-6-17(7-5-15)31(28,29)26-20-23-8-9-30-20/h2-9,11-12,24H,10H2,1H3,(H,23,26). The first kappa shape index (κ1) is 20.9. The Morgan fingerprint density at radius 1 is 1.10 bits per heavy atom. The summed E-state index contributed by atoms with van der Waals surface area (Å²) < 4.78 is 55.8. The van der Waals surface area contributed by atoms with Gasteiger partial charge in [0, 0.05) is 42.9 Å². The third kappa shape index (κ3) is 4.89. The fourth-order valence-electron chi connectivity index (χ4n) is 2.90. The van der Waals surface area contributed by atoms with Gasteiger partial charge in [0.05, 0.1) is 10.6 Å². The maximum absolute atomic E-state index is 13.9. The Bertz CT molecular complexity index is 1300. The van der Waals surface area contributed by atoms with Crippen molar-refractivity contribution >= 4 is 38.0 Å². The molecule has 2 aromatic heterocycles. The molecular weight excluding hydrogens is 444 g/mol. The average Bonchev–Trinajstić information content (AvgIpc) is 3.34. The number of halogens is 2. The Morgan fingerprint density at radius 2 is 1.87 bits per heavy atom. The summed E-state index contributed by atoms with van der Waals surface area (Å²) in [7, 11) is -2.00. The summed E-state index contributed by atoms with van der Waals surface area (Å²) in [6, 6.07) is 11.4. The van der Waals surface area contributed by atoms with Crippen LogP contribution in [0.3, 0.4) is 0 Å². The van der Waals surface area contributed by atoms with Gasteiger partial charge in [-0.25, -0.2) is 22.2 Å². The van der Waals surface area contributed by atoms with Crippen molar-refractivity contribution in [3.63, 3.8) is 0 Å². The van der Waals surface area contributed by atoms with Crippen molar-refractivity contribution in [3.05, 3.63) is 83.0 Å². The fourth-order valence-corrected chi connectivity index (χ4v) is 4.69. The van der Waals surface area contributed by atoms with Gasteiger partial charge in [-0.05, 0) is 35.9 Å². The van der Waals surface area contributed by atoms with Crippen molar-refractivity contribution in [2.75, 3.05) is 10.0 Å². The number of thiazole rings is 1. The highest BCUT2D eigenvalue weighted by molar-refractivity contribution is 7.93. The van der Waals surface area contributed by atoms with Gasteiger partial charge in [0.2, 0.25) is 0 Å². The van der Waals surface area contributed by atoms with Crippen LogP contribution in [-0.2, 0) is 23.5 Å². The number of hydrogen-bond acceptors (Lipinski definition) is 6. The second-order valence-corrected chi connectivity index (χ2v) is 9.23. The first-order chi connectivity index (χ1) is 14.8. The lowest BCUT2D eigenvalue weighted by Crippen LogP contribution is -2.12. The lowest BCUT2D eigenvalue weighted by Gasteiger charge is -2.08. The quantitative estimate of drug-likeness (QED) is 0.429. The molecule has 0 atom stereocenters. The number of nitrogens with one attached hydrogen (secondary N) is 2. The molecule has 0 spiro atoms. The molecule has 0 unspecified atom stereocenters. The summed E-state index contributed by atoms with van der Waals surface area (Å²) in [6.07, 6.45) is 1.73. The molecule has 0 aliphatic carbocycles.